The summed E-state index contributed by atoms with van der Waals surface area (Å²) in [4.78, 5) is 42.9. The van der Waals surface area contributed by atoms with Crippen LogP contribution in [0.3, 0.4) is 0 Å². The van der Waals surface area contributed by atoms with Gasteiger partial charge in [-0.2, -0.15) is 0 Å². The Morgan fingerprint density at radius 2 is 0.490 bits per heavy atom. The van der Waals surface area contributed by atoms with Crippen LogP contribution in [0.25, 0.3) is 220 Å². The van der Waals surface area contributed by atoms with Gasteiger partial charge in [-0.3, -0.25) is 4.57 Å². The second-order valence-corrected chi connectivity index (χ2v) is 27.0. The Balaban J connectivity index is 0.676. The summed E-state index contributed by atoms with van der Waals surface area (Å²) in [5.74, 6) is 2.40. The summed E-state index contributed by atoms with van der Waals surface area (Å²) in [6.45, 7) is 0. The lowest BCUT2D eigenvalue weighted by Crippen LogP contribution is -2.02. The fourth-order valence-corrected chi connectivity index (χ4v) is 16.4. The predicted octanol–water partition coefficient (Wildman–Crippen LogP) is 23.4. The van der Waals surface area contributed by atoms with Crippen LogP contribution in [0.2, 0.25) is 0 Å². The first kappa shape index (κ1) is 57.7. The van der Waals surface area contributed by atoms with Crippen LogP contribution in [0.5, 0.6) is 0 Å². The van der Waals surface area contributed by atoms with Gasteiger partial charge in [0.15, 0.2) is 17.5 Å². The van der Waals surface area contributed by atoms with Crippen LogP contribution in [-0.2, 0) is 0 Å². The van der Waals surface area contributed by atoms with E-state index in [0.29, 0.717) is 23.4 Å². The van der Waals surface area contributed by atoms with E-state index >= 15 is 0 Å². The van der Waals surface area contributed by atoms with Crippen molar-refractivity contribution in [2.45, 2.75) is 0 Å². The Labute approximate surface area is 593 Å². The minimum Gasteiger partial charge on any atom is -0.309 e. The van der Waals surface area contributed by atoms with Crippen LogP contribution < -0.4 is 0 Å². The first-order valence-corrected chi connectivity index (χ1v) is 35.0. The molecular weight excluding hydrogens is 1270 g/mol. The smallest absolute Gasteiger partial charge is 0.235 e. The van der Waals surface area contributed by atoms with Crippen molar-refractivity contribution in [2.24, 2.45) is 0 Å². The summed E-state index contributed by atoms with van der Waals surface area (Å²) >= 11 is 0. The summed E-state index contributed by atoms with van der Waals surface area (Å²) in [5.41, 5.74) is 17.4. The number of hydrogen-bond acceptors (Lipinski definition) is 8. The van der Waals surface area contributed by atoms with E-state index in [4.69, 9.17) is 39.9 Å². The van der Waals surface area contributed by atoms with Crippen molar-refractivity contribution >= 4 is 141 Å². The Hall–Kier alpha value is -14.2. The molecule has 6 heterocycles. The van der Waals surface area contributed by atoms with Crippen LogP contribution in [0.4, 0.5) is 0 Å². The minimum atomic E-state index is 0.580. The number of para-hydroxylation sites is 4. The molecule has 6 aromatic heterocycles. The molecule has 10 nitrogen and oxygen atoms in total. The predicted molar refractivity (Wildman–Crippen MR) is 428 cm³/mol. The average molecular weight is 1320 g/mol. The van der Waals surface area contributed by atoms with Crippen molar-refractivity contribution in [3.05, 3.63) is 328 Å². The van der Waals surface area contributed by atoms with Gasteiger partial charge in [0.1, 0.15) is 22.1 Å². The molecule has 22 aromatic rings. The van der Waals surface area contributed by atoms with Gasteiger partial charge in [-0.25, -0.2) is 39.9 Å². The van der Waals surface area contributed by atoms with Crippen LogP contribution in [0.1, 0.15) is 0 Å². The molecule has 0 atom stereocenters. The second-order valence-electron chi connectivity index (χ2n) is 27.0. The summed E-state index contributed by atoms with van der Waals surface area (Å²) < 4.78 is 4.50. The van der Waals surface area contributed by atoms with Gasteiger partial charge in [-0.05, 0) is 154 Å². The van der Waals surface area contributed by atoms with Gasteiger partial charge in [-0.15, -0.1) is 0 Å². The van der Waals surface area contributed by atoms with E-state index in [2.05, 4.69) is 312 Å². The van der Waals surface area contributed by atoms with E-state index in [0.717, 1.165) is 159 Å². The molecule has 0 bridgehead atoms. The summed E-state index contributed by atoms with van der Waals surface area (Å²) in [7, 11) is 0. The fraction of sp³-hybridized carbons (Fsp3) is 0. The highest BCUT2D eigenvalue weighted by molar-refractivity contribution is 6.27. The lowest BCUT2D eigenvalue weighted by Gasteiger charge is -2.14. The van der Waals surface area contributed by atoms with Gasteiger partial charge in [0.25, 0.3) is 0 Å². The third-order valence-electron chi connectivity index (χ3n) is 21.3. The van der Waals surface area contributed by atoms with E-state index in [1.807, 2.05) is 24.8 Å². The molecule has 0 spiro atoms. The Kier molecular flexibility index (Phi) is 12.6. The van der Waals surface area contributed by atoms with Crippen LogP contribution >= 0.6 is 0 Å². The van der Waals surface area contributed by atoms with E-state index in [1.54, 1.807) is 0 Å². The van der Waals surface area contributed by atoms with E-state index in [9.17, 15) is 0 Å². The lowest BCUT2D eigenvalue weighted by atomic mass is 9.93. The molecule has 0 saturated heterocycles. The largest absolute Gasteiger partial charge is 0.309 e. The van der Waals surface area contributed by atoms with Crippen LogP contribution in [0, 0.1) is 0 Å². The Bertz CT molecular complexity index is 7280. The topological polar surface area (TPSA) is 113 Å². The lowest BCUT2D eigenvalue weighted by molar-refractivity contribution is 1.01. The standard InChI is InChI=1S/C94H54N10/c1-2-19-55(20-3-1)61-45-62(47-63(46-61)93-97-51-79-69-27-8-9-28-70(69)81-54-98-94(102-90(81)88(79)101-93)104-85-35-16-12-31-75(85)76-32-13-17-36-86(76)104)57-39-37-56(38-40-57)58-41-43-72-78(49-58)82-53-96-92(60-42-44-71-67-25-5-4-23-65(67)66-24-6-7-26-68(66)77(71)50-60)100-89(82)87-80(72)52-95-91(99-87)59-21-18-22-64(48-59)103-83-33-14-10-29-73(83)74-30-11-15-34-84(74)103/h1-54H. The highest BCUT2D eigenvalue weighted by atomic mass is 15.2. The average Bonchev–Trinajstić information content (AvgIpc) is 1.05. The highest BCUT2D eigenvalue weighted by Gasteiger charge is 2.23. The summed E-state index contributed by atoms with van der Waals surface area (Å²) in [6, 6.07) is 108. The molecular formula is C94H54N10. The molecule has 0 N–H and O–H groups in total. The molecule has 104 heavy (non-hydrogen) atoms. The maximum absolute atomic E-state index is 5.59. The van der Waals surface area contributed by atoms with E-state index in [1.165, 1.54) is 37.7 Å². The number of hydrogen-bond donors (Lipinski definition) is 0. The zero-order chi connectivity index (χ0) is 68.1. The molecule has 0 radical (unpaired) electrons. The normalized spacial score (nSPS) is 12.0. The summed E-state index contributed by atoms with van der Waals surface area (Å²) in [5, 5.41) is 19.6. The second kappa shape index (κ2) is 22.7. The first-order chi connectivity index (χ1) is 51.5. The molecule has 0 aliphatic rings. The van der Waals surface area contributed by atoms with Gasteiger partial charge in [-0.1, -0.05) is 237 Å². The first-order valence-electron chi connectivity index (χ1n) is 35.0. The number of nitrogens with zero attached hydrogens (tertiary/aromatic N) is 10. The van der Waals surface area contributed by atoms with E-state index in [-0.39, 0.29) is 0 Å². The molecule has 16 aromatic carbocycles. The van der Waals surface area contributed by atoms with Crippen molar-refractivity contribution in [1.29, 1.82) is 0 Å². The molecule has 0 aliphatic carbocycles. The van der Waals surface area contributed by atoms with Crippen LogP contribution in [0.15, 0.2) is 328 Å². The Morgan fingerprint density at radius 3 is 1.01 bits per heavy atom. The third-order valence-corrected chi connectivity index (χ3v) is 21.3. The van der Waals surface area contributed by atoms with Gasteiger partial charge >= 0.3 is 0 Å². The molecule has 22 rings (SSSR count). The molecule has 0 saturated carbocycles. The van der Waals surface area contributed by atoms with Crippen LogP contribution in [-0.4, -0.2) is 49.0 Å². The van der Waals surface area contributed by atoms with Crippen molar-refractivity contribution in [3.63, 3.8) is 0 Å². The SMILES string of the molecule is c1ccc(-c2cc(-c3ccc(-c4ccc5c(c4)c4cnc(-c6ccc7c8ccccc8c8ccccc8c7c6)nc4c4nc(-c6cccc(-n7c8ccccc8c8ccccc87)c6)ncc54)cc3)cc(-c3ncc4c5ccccc5c5cnc(-n6c7ccccc7c7ccccc76)nc5c4n3)c2)cc1. The van der Waals surface area contributed by atoms with Crippen molar-refractivity contribution in [3.8, 4) is 79.2 Å². The molecule has 480 valence electrons. The highest BCUT2D eigenvalue weighted by Crippen LogP contribution is 2.43. The van der Waals surface area contributed by atoms with Gasteiger partial charge in [0.05, 0.1) is 22.1 Å². The molecule has 0 unspecified atom stereocenters. The number of aromatic nitrogens is 10. The molecule has 10 heteroatoms. The number of fused-ring (bicyclic) bond motifs is 24. The summed E-state index contributed by atoms with van der Waals surface area (Å²) in [6.07, 6.45) is 7.92. The zero-order valence-electron chi connectivity index (χ0n) is 55.6. The van der Waals surface area contributed by atoms with Gasteiger partial charge in [0.2, 0.25) is 5.95 Å². The maximum atomic E-state index is 5.59. The molecule has 0 aliphatic heterocycles. The van der Waals surface area contributed by atoms with Crippen molar-refractivity contribution < 1.29 is 0 Å². The van der Waals surface area contributed by atoms with Crippen molar-refractivity contribution in [1.82, 2.24) is 49.0 Å². The van der Waals surface area contributed by atoms with Gasteiger partial charge < -0.3 is 4.57 Å². The minimum absolute atomic E-state index is 0.580. The quantitative estimate of drug-likeness (QED) is 0.138. The monoisotopic (exact) mass is 1320 g/mol. The van der Waals surface area contributed by atoms with E-state index < -0.39 is 0 Å². The number of benzene rings is 16. The maximum Gasteiger partial charge on any atom is 0.235 e. The molecule has 0 amide bonds. The van der Waals surface area contributed by atoms with Gasteiger partial charge in [0, 0.05) is 90.3 Å². The Morgan fingerprint density at radius 1 is 0.173 bits per heavy atom. The third kappa shape index (κ3) is 8.88. The van der Waals surface area contributed by atoms with Crippen molar-refractivity contribution in [2.75, 3.05) is 0 Å². The molecule has 0 fully saturated rings. The fourth-order valence-electron chi connectivity index (χ4n) is 16.4. The zero-order valence-corrected chi connectivity index (χ0v) is 55.6. The number of rotatable bonds is 8.